The molecule has 5 rings (SSSR count). The number of aromatic nitrogens is 6. The summed E-state index contributed by atoms with van der Waals surface area (Å²) in [7, 11) is 0. The number of hydrogen-bond donors (Lipinski definition) is 0. The zero-order valence-electron chi connectivity index (χ0n) is 14.6. The largest absolute Gasteiger partial charge is 0.437 e. The van der Waals surface area contributed by atoms with Gasteiger partial charge in [-0.25, -0.2) is 14.6 Å². The molecule has 130 valence electrons. The first-order valence-electron chi connectivity index (χ1n) is 8.68. The molecule has 3 aromatic heterocycles. The molecule has 0 N–H and O–H groups in total. The minimum atomic E-state index is 0.480. The fraction of sp³-hybridized carbons (Fsp3) is 0.263. The predicted molar refractivity (Wildman–Crippen MR) is 96.7 cm³/mol. The molecule has 0 spiro atoms. The molecule has 0 radical (unpaired) electrons. The molecule has 0 atom stereocenters. The maximum atomic E-state index is 5.97. The lowest BCUT2D eigenvalue weighted by atomic mass is 10.3. The summed E-state index contributed by atoms with van der Waals surface area (Å²) in [5, 5.41) is 4.50. The van der Waals surface area contributed by atoms with Crippen LogP contribution in [0.15, 0.2) is 43.0 Å². The van der Waals surface area contributed by atoms with Crippen LogP contribution in [-0.2, 0) is 0 Å². The van der Waals surface area contributed by atoms with E-state index >= 15 is 0 Å². The molecule has 0 amide bonds. The van der Waals surface area contributed by atoms with E-state index in [0.717, 1.165) is 22.7 Å². The summed E-state index contributed by atoms with van der Waals surface area (Å²) < 4.78 is 10.00. The molecule has 0 bridgehead atoms. The molecule has 1 aliphatic carbocycles. The fourth-order valence-electron chi connectivity index (χ4n) is 3.18. The third-order valence-corrected chi connectivity index (χ3v) is 4.57. The van der Waals surface area contributed by atoms with E-state index in [0.29, 0.717) is 23.2 Å². The van der Waals surface area contributed by atoms with E-state index in [4.69, 9.17) is 4.74 Å². The van der Waals surface area contributed by atoms with Crippen LogP contribution in [0.1, 0.15) is 30.3 Å². The minimum absolute atomic E-state index is 0.480. The van der Waals surface area contributed by atoms with Crippen molar-refractivity contribution in [3.05, 3.63) is 54.4 Å². The van der Waals surface area contributed by atoms with Gasteiger partial charge in [-0.15, -0.1) is 0 Å². The van der Waals surface area contributed by atoms with E-state index < -0.39 is 0 Å². The van der Waals surface area contributed by atoms with Crippen LogP contribution in [0.5, 0.6) is 11.6 Å². The van der Waals surface area contributed by atoms with E-state index in [2.05, 4.69) is 30.7 Å². The third-order valence-electron chi connectivity index (χ3n) is 4.57. The number of hydrogen-bond acceptors (Lipinski definition) is 5. The fourth-order valence-corrected chi connectivity index (χ4v) is 3.18. The molecular formula is C19H18N6O. The Hall–Kier alpha value is -3.22. The summed E-state index contributed by atoms with van der Waals surface area (Å²) in [4.78, 5) is 13.1. The van der Waals surface area contributed by atoms with Crippen molar-refractivity contribution in [1.82, 2.24) is 29.3 Å². The van der Waals surface area contributed by atoms with Gasteiger partial charge in [0.05, 0.1) is 17.7 Å². The van der Waals surface area contributed by atoms with Gasteiger partial charge in [0.15, 0.2) is 11.2 Å². The molecule has 1 saturated carbocycles. The smallest absolute Gasteiger partial charge is 0.250 e. The molecule has 1 aliphatic rings. The summed E-state index contributed by atoms with van der Waals surface area (Å²) in [5.41, 5.74) is 4.62. The van der Waals surface area contributed by atoms with Crippen molar-refractivity contribution in [2.45, 2.75) is 32.7 Å². The Bertz CT molecular complexity index is 1090. The number of benzene rings is 1. The van der Waals surface area contributed by atoms with Gasteiger partial charge in [-0.1, -0.05) is 0 Å². The van der Waals surface area contributed by atoms with Crippen molar-refractivity contribution in [2.75, 3.05) is 0 Å². The van der Waals surface area contributed by atoms with Crippen molar-refractivity contribution in [3.63, 3.8) is 0 Å². The van der Waals surface area contributed by atoms with Crippen LogP contribution in [0.4, 0.5) is 0 Å². The first kappa shape index (κ1) is 15.1. The highest BCUT2D eigenvalue weighted by Gasteiger charge is 2.26. The lowest BCUT2D eigenvalue weighted by Crippen LogP contribution is -1.99. The highest BCUT2D eigenvalue weighted by atomic mass is 16.5. The van der Waals surface area contributed by atoms with Crippen LogP contribution in [0.2, 0.25) is 0 Å². The van der Waals surface area contributed by atoms with E-state index in [9.17, 15) is 0 Å². The molecule has 0 unspecified atom stereocenters. The van der Waals surface area contributed by atoms with Gasteiger partial charge < -0.3 is 9.30 Å². The second-order valence-corrected chi connectivity index (χ2v) is 6.67. The van der Waals surface area contributed by atoms with Gasteiger partial charge in [-0.05, 0) is 57.0 Å². The Morgan fingerprint density at radius 3 is 2.54 bits per heavy atom. The monoisotopic (exact) mass is 346 g/mol. The first-order valence-corrected chi connectivity index (χ1v) is 8.68. The van der Waals surface area contributed by atoms with Crippen LogP contribution in [0.3, 0.4) is 0 Å². The van der Waals surface area contributed by atoms with Crippen molar-refractivity contribution in [2.24, 2.45) is 0 Å². The summed E-state index contributed by atoms with van der Waals surface area (Å²) in [6.45, 7) is 4.03. The number of ether oxygens (including phenoxy) is 1. The SMILES string of the molecule is Cc1cc(C)n(-c2ccc(Oc3ncnc4c3ncn4C3CC3)cc2)n1. The number of aryl methyl sites for hydroxylation is 2. The third kappa shape index (κ3) is 2.52. The lowest BCUT2D eigenvalue weighted by molar-refractivity contribution is 0.467. The topological polar surface area (TPSA) is 70.7 Å². The van der Waals surface area contributed by atoms with Crippen LogP contribution in [-0.4, -0.2) is 29.3 Å². The highest BCUT2D eigenvalue weighted by molar-refractivity contribution is 5.76. The Morgan fingerprint density at radius 1 is 1.04 bits per heavy atom. The molecule has 1 aromatic carbocycles. The van der Waals surface area contributed by atoms with Crippen LogP contribution in [0.25, 0.3) is 16.9 Å². The van der Waals surface area contributed by atoms with Crippen molar-refractivity contribution < 1.29 is 4.74 Å². The summed E-state index contributed by atoms with van der Waals surface area (Å²) in [6.07, 6.45) is 5.72. The molecule has 1 fully saturated rings. The van der Waals surface area contributed by atoms with E-state index in [-0.39, 0.29) is 0 Å². The Morgan fingerprint density at radius 2 is 1.85 bits per heavy atom. The lowest BCUT2D eigenvalue weighted by Gasteiger charge is -2.08. The van der Waals surface area contributed by atoms with Gasteiger partial charge >= 0.3 is 0 Å². The van der Waals surface area contributed by atoms with Gasteiger partial charge in [0.2, 0.25) is 0 Å². The molecule has 0 saturated heterocycles. The van der Waals surface area contributed by atoms with Gasteiger partial charge in [0.25, 0.3) is 5.88 Å². The maximum absolute atomic E-state index is 5.97. The Balaban J connectivity index is 1.45. The molecule has 26 heavy (non-hydrogen) atoms. The van der Waals surface area contributed by atoms with E-state index in [1.807, 2.05) is 49.1 Å². The number of nitrogens with zero attached hydrogens (tertiary/aromatic N) is 6. The maximum Gasteiger partial charge on any atom is 0.250 e. The van der Waals surface area contributed by atoms with Crippen LogP contribution in [0, 0.1) is 13.8 Å². The normalized spacial score (nSPS) is 14.1. The Kier molecular flexibility index (Phi) is 3.28. The quantitative estimate of drug-likeness (QED) is 0.563. The predicted octanol–water partition coefficient (Wildman–Crippen LogP) is 3.76. The van der Waals surface area contributed by atoms with E-state index in [1.165, 1.54) is 19.2 Å². The van der Waals surface area contributed by atoms with Gasteiger partial charge in [-0.2, -0.15) is 10.1 Å². The number of fused-ring (bicyclic) bond motifs is 1. The standard InChI is InChI=1S/C19H18N6O/c1-12-9-13(2)25(23-12)15-5-7-16(8-6-15)26-19-17-18(20-10-21-19)24(11-22-17)14-3-4-14/h5-11,14H,3-4H2,1-2H3. The molecule has 3 heterocycles. The molecule has 7 heteroatoms. The second-order valence-electron chi connectivity index (χ2n) is 6.67. The van der Waals surface area contributed by atoms with Gasteiger partial charge in [0.1, 0.15) is 12.1 Å². The van der Waals surface area contributed by atoms with Crippen molar-refractivity contribution >= 4 is 11.2 Å². The average molecular weight is 346 g/mol. The first-order chi connectivity index (χ1) is 12.7. The van der Waals surface area contributed by atoms with Gasteiger partial charge in [0, 0.05) is 11.7 Å². The van der Waals surface area contributed by atoms with Crippen LogP contribution >= 0.6 is 0 Å². The zero-order valence-corrected chi connectivity index (χ0v) is 14.6. The van der Waals surface area contributed by atoms with Crippen LogP contribution < -0.4 is 4.74 Å². The summed E-state index contributed by atoms with van der Waals surface area (Å²) in [6, 6.07) is 10.4. The number of imidazole rings is 1. The summed E-state index contributed by atoms with van der Waals surface area (Å²) in [5.74, 6) is 1.18. The highest BCUT2D eigenvalue weighted by Crippen LogP contribution is 2.37. The average Bonchev–Trinajstić information content (AvgIpc) is 3.30. The van der Waals surface area contributed by atoms with Gasteiger partial charge in [-0.3, -0.25) is 0 Å². The second kappa shape index (κ2) is 5.66. The molecule has 0 aliphatic heterocycles. The number of rotatable bonds is 4. The molecule has 7 nitrogen and oxygen atoms in total. The molecular weight excluding hydrogens is 328 g/mol. The minimum Gasteiger partial charge on any atom is -0.437 e. The van der Waals surface area contributed by atoms with Crippen molar-refractivity contribution in [3.8, 4) is 17.3 Å². The summed E-state index contributed by atoms with van der Waals surface area (Å²) >= 11 is 0. The van der Waals surface area contributed by atoms with E-state index in [1.54, 1.807) is 0 Å². The zero-order chi connectivity index (χ0) is 17.7. The van der Waals surface area contributed by atoms with Crippen molar-refractivity contribution in [1.29, 1.82) is 0 Å². The Labute approximate surface area is 150 Å². The molecule has 4 aromatic rings.